The van der Waals surface area contributed by atoms with E-state index in [9.17, 15) is 4.79 Å². The van der Waals surface area contributed by atoms with Gasteiger partial charge in [-0.25, -0.2) is 0 Å². The van der Waals surface area contributed by atoms with Crippen molar-refractivity contribution in [2.75, 3.05) is 42.3 Å². The van der Waals surface area contributed by atoms with Crippen LogP contribution in [0, 0.1) is 0 Å². The Balaban J connectivity index is 1.66. The highest BCUT2D eigenvalue weighted by Crippen LogP contribution is 2.46. The molecule has 0 bridgehead atoms. The molecule has 4 heterocycles. The van der Waals surface area contributed by atoms with Crippen molar-refractivity contribution in [1.29, 1.82) is 0 Å². The fraction of sp³-hybridized carbons (Fsp3) is 0.400. The number of allylic oxidation sites excluding steroid dienone is 2. The first-order chi connectivity index (χ1) is 13.7. The molecule has 8 heteroatoms. The number of ketones is 1. The fourth-order valence-corrected chi connectivity index (χ4v) is 4.25. The molecule has 28 heavy (non-hydrogen) atoms. The van der Waals surface area contributed by atoms with Crippen molar-refractivity contribution in [2.45, 2.75) is 25.2 Å². The summed E-state index contributed by atoms with van der Waals surface area (Å²) >= 11 is 0. The molecule has 3 N–H and O–H groups in total. The number of rotatable bonds is 2. The molecule has 144 valence electrons. The van der Waals surface area contributed by atoms with Crippen LogP contribution in [0.2, 0.25) is 0 Å². The first kappa shape index (κ1) is 17.1. The summed E-state index contributed by atoms with van der Waals surface area (Å²) in [6.07, 6.45) is 5.75. The molecule has 2 aliphatic heterocycles. The van der Waals surface area contributed by atoms with E-state index in [4.69, 9.17) is 15.5 Å². The SMILES string of the molecule is Nc1nc(N2CCOCC2)nc2c1C(c1cccnc1)C1=C(CCCC1=O)N2. The third-order valence-corrected chi connectivity index (χ3v) is 5.58. The van der Waals surface area contributed by atoms with Crippen LogP contribution < -0.4 is 16.0 Å². The van der Waals surface area contributed by atoms with Gasteiger partial charge in [0.25, 0.3) is 0 Å². The van der Waals surface area contributed by atoms with Gasteiger partial charge in [0.1, 0.15) is 11.6 Å². The molecule has 0 spiro atoms. The van der Waals surface area contributed by atoms with Crippen molar-refractivity contribution < 1.29 is 9.53 Å². The highest BCUT2D eigenvalue weighted by molar-refractivity contribution is 6.01. The standard InChI is InChI=1S/C20H22N6O2/c21-18-17-15(12-3-2-6-22-11-12)16-13(4-1-5-14(16)27)23-19(17)25-20(24-18)26-7-9-28-10-8-26/h2-3,6,11,15H,1,4-5,7-10H2,(H3,21,23,24,25). The average Bonchev–Trinajstić information content (AvgIpc) is 2.73. The number of hydrogen-bond donors (Lipinski definition) is 2. The van der Waals surface area contributed by atoms with Crippen molar-refractivity contribution in [1.82, 2.24) is 15.0 Å². The van der Waals surface area contributed by atoms with Crippen molar-refractivity contribution >= 4 is 23.4 Å². The molecular formula is C20H22N6O2. The number of nitrogens with two attached hydrogens (primary N) is 1. The average molecular weight is 378 g/mol. The summed E-state index contributed by atoms with van der Waals surface area (Å²) in [5.74, 6) is 1.56. The minimum absolute atomic E-state index is 0.157. The van der Waals surface area contributed by atoms with Crippen LogP contribution in [0.5, 0.6) is 0 Å². The number of nitrogens with zero attached hydrogens (tertiary/aromatic N) is 4. The van der Waals surface area contributed by atoms with Crippen molar-refractivity contribution in [2.24, 2.45) is 0 Å². The van der Waals surface area contributed by atoms with Crippen LogP contribution in [0.4, 0.5) is 17.6 Å². The first-order valence-electron chi connectivity index (χ1n) is 9.65. The fourth-order valence-electron chi connectivity index (χ4n) is 4.25. The summed E-state index contributed by atoms with van der Waals surface area (Å²) in [6.45, 7) is 2.76. The lowest BCUT2D eigenvalue weighted by Crippen LogP contribution is -2.38. The van der Waals surface area contributed by atoms with Gasteiger partial charge in [-0.05, 0) is 24.5 Å². The zero-order valence-corrected chi connectivity index (χ0v) is 15.5. The van der Waals surface area contributed by atoms with E-state index in [0.717, 1.165) is 48.3 Å². The molecule has 1 unspecified atom stereocenters. The maximum Gasteiger partial charge on any atom is 0.229 e. The van der Waals surface area contributed by atoms with Crippen molar-refractivity contribution in [3.8, 4) is 0 Å². The molecule has 0 aromatic carbocycles. The van der Waals surface area contributed by atoms with E-state index in [-0.39, 0.29) is 11.7 Å². The molecule has 1 atom stereocenters. The zero-order chi connectivity index (χ0) is 19.1. The maximum absolute atomic E-state index is 12.8. The Labute approximate surface area is 162 Å². The molecule has 1 aliphatic carbocycles. The van der Waals surface area contributed by atoms with E-state index in [1.165, 1.54) is 0 Å². The van der Waals surface area contributed by atoms with E-state index in [1.807, 2.05) is 12.1 Å². The van der Waals surface area contributed by atoms with Gasteiger partial charge in [0.15, 0.2) is 5.78 Å². The van der Waals surface area contributed by atoms with Gasteiger partial charge in [0.2, 0.25) is 5.95 Å². The van der Waals surface area contributed by atoms with Crippen molar-refractivity contribution in [3.63, 3.8) is 0 Å². The maximum atomic E-state index is 12.8. The molecule has 3 aliphatic rings. The molecular weight excluding hydrogens is 356 g/mol. The number of anilines is 3. The highest BCUT2D eigenvalue weighted by Gasteiger charge is 2.38. The van der Waals surface area contributed by atoms with Gasteiger partial charge in [0.05, 0.1) is 13.2 Å². The Morgan fingerprint density at radius 2 is 2.07 bits per heavy atom. The second-order valence-corrected chi connectivity index (χ2v) is 7.28. The predicted octanol–water partition coefficient (Wildman–Crippen LogP) is 1.85. The summed E-state index contributed by atoms with van der Waals surface area (Å²) in [5.41, 5.74) is 9.86. The molecule has 0 saturated carbocycles. The largest absolute Gasteiger partial charge is 0.383 e. The highest BCUT2D eigenvalue weighted by atomic mass is 16.5. The Hall–Kier alpha value is -3.00. The second kappa shape index (κ2) is 6.87. The number of fused-ring (bicyclic) bond motifs is 1. The predicted molar refractivity (Wildman–Crippen MR) is 105 cm³/mol. The van der Waals surface area contributed by atoms with Gasteiger partial charge in [-0.3, -0.25) is 9.78 Å². The quantitative estimate of drug-likeness (QED) is 0.816. The topological polar surface area (TPSA) is 106 Å². The van der Waals surface area contributed by atoms with E-state index >= 15 is 0 Å². The van der Waals surface area contributed by atoms with E-state index in [1.54, 1.807) is 12.4 Å². The number of hydrogen-bond acceptors (Lipinski definition) is 8. The van der Waals surface area contributed by atoms with Crippen LogP contribution in [-0.2, 0) is 9.53 Å². The minimum atomic E-state index is -0.286. The monoisotopic (exact) mass is 378 g/mol. The van der Waals surface area contributed by atoms with E-state index in [2.05, 4.69) is 20.2 Å². The molecule has 0 amide bonds. The number of nitrogen functional groups attached to an aromatic ring is 1. The molecule has 1 saturated heterocycles. The number of aromatic nitrogens is 3. The lowest BCUT2D eigenvalue weighted by atomic mass is 9.77. The van der Waals surface area contributed by atoms with Crippen LogP contribution in [0.3, 0.4) is 0 Å². The summed E-state index contributed by atoms with van der Waals surface area (Å²) in [5, 5.41) is 3.40. The van der Waals surface area contributed by atoms with Crippen LogP contribution >= 0.6 is 0 Å². The number of carbonyl (C=O) groups is 1. The van der Waals surface area contributed by atoms with Gasteiger partial charge in [0, 0.05) is 54.7 Å². The number of nitrogens with one attached hydrogen (secondary N) is 1. The Morgan fingerprint density at radius 1 is 1.21 bits per heavy atom. The third kappa shape index (κ3) is 2.80. The Kier molecular flexibility index (Phi) is 4.20. The summed E-state index contributed by atoms with van der Waals surface area (Å²) in [6, 6.07) is 3.86. The number of Topliss-reactive ketones (excluding diaryl/α,β-unsaturated/α-hetero) is 1. The van der Waals surface area contributed by atoms with Gasteiger partial charge in [-0.15, -0.1) is 0 Å². The number of pyridine rings is 1. The first-order valence-corrected chi connectivity index (χ1v) is 9.65. The third-order valence-electron chi connectivity index (χ3n) is 5.58. The minimum Gasteiger partial charge on any atom is -0.383 e. The summed E-state index contributed by atoms with van der Waals surface area (Å²) < 4.78 is 5.43. The molecule has 2 aromatic heterocycles. The molecule has 5 rings (SSSR count). The van der Waals surface area contributed by atoms with Gasteiger partial charge in [-0.1, -0.05) is 6.07 Å². The van der Waals surface area contributed by atoms with Gasteiger partial charge in [-0.2, -0.15) is 9.97 Å². The van der Waals surface area contributed by atoms with Crippen LogP contribution in [-0.4, -0.2) is 47.0 Å². The number of ether oxygens (including phenoxy) is 1. The van der Waals surface area contributed by atoms with Crippen LogP contribution in [0.1, 0.15) is 36.3 Å². The normalized spacial score (nSPS) is 21.8. The smallest absolute Gasteiger partial charge is 0.229 e. The van der Waals surface area contributed by atoms with Crippen LogP contribution in [0.15, 0.2) is 35.8 Å². The molecule has 2 aromatic rings. The zero-order valence-electron chi connectivity index (χ0n) is 15.5. The van der Waals surface area contributed by atoms with Crippen LogP contribution in [0.25, 0.3) is 0 Å². The molecule has 0 radical (unpaired) electrons. The van der Waals surface area contributed by atoms with Gasteiger partial charge < -0.3 is 20.7 Å². The van der Waals surface area contributed by atoms with E-state index < -0.39 is 0 Å². The van der Waals surface area contributed by atoms with Gasteiger partial charge >= 0.3 is 0 Å². The number of morpholine rings is 1. The lowest BCUT2D eigenvalue weighted by molar-refractivity contribution is -0.116. The lowest BCUT2D eigenvalue weighted by Gasteiger charge is -2.35. The molecule has 8 nitrogen and oxygen atoms in total. The Morgan fingerprint density at radius 3 is 2.86 bits per heavy atom. The second-order valence-electron chi connectivity index (χ2n) is 7.28. The summed E-state index contributed by atoms with van der Waals surface area (Å²) in [7, 11) is 0. The van der Waals surface area contributed by atoms with Crippen molar-refractivity contribution in [3.05, 3.63) is 46.9 Å². The summed E-state index contributed by atoms with van der Waals surface area (Å²) in [4.78, 5) is 28.5. The molecule has 1 fully saturated rings. The Bertz CT molecular complexity index is 953. The number of carbonyl (C=O) groups excluding carboxylic acids is 1. The van der Waals surface area contributed by atoms with E-state index in [0.29, 0.717) is 37.2 Å².